The Bertz CT molecular complexity index is 988. The zero-order valence-electron chi connectivity index (χ0n) is 12.9. The number of aromatic nitrogens is 1. The van der Waals surface area contributed by atoms with Crippen LogP contribution in [-0.2, 0) is 6.54 Å². The van der Waals surface area contributed by atoms with Crippen LogP contribution in [0.25, 0.3) is 22.2 Å². The molecule has 1 aromatic heterocycles. The van der Waals surface area contributed by atoms with E-state index < -0.39 is 0 Å². The second-order valence-corrected chi connectivity index (χ2v) is 6.99. The van der Waals surface area contributed by atoms with E-state index in [9.17, 15) is 0 Å². The molecular formula is C21H15BrClN. The lowest BCUT2D eigenvalue weighted by atomic mass is 10.1. The van der Waals surface area contributed by atoms with Crippen LogP contribution in [0.1, 0.15) is 5.56 Å². The van der Waals surface area contributed by atoms with Crippen molar-refractivity contribution in [3.8, 4) is 11.3 Å². The molecule has 1 nitrogen and oxygen atoms in total. The van der Waals surface area contributed by atoms with Gasteiger partial charge in [-0.15, -0.1) is 0 Å². The first-order chi connectivity index (χ1) is 11.7. The Morgan fingerprint density at radius 3 is 2.21 bits per heavy atom. The van der Waals surface area contributed by atoms with E-state index in [2.05, 4.69) is 81.2 Å². The molecule has 0 saturated carbocycles. The second-order valence-electron chi connectivity index (χ2n) is 5.76. The molecule has 0 unspecified atom stereocenters. The Morgan fingerprint density at radius 2 is 1.46 bits per heavy atom. The number of halogens is 2. The van der Waals surface area contributed by atoms with E-state index in [0.29, 0.717) is 0 Å². The van der Waals surface area contributed by atoms with Gasteiger partial charge >= 0.3 is 0 Å². The molecule has 0 spiro atoms. The largest absolute Gasteiger partial charge is 0.335 e. The predicted octanol–water partition coefficient (Wildman–Crippen LogP) is 6.77. The van der Waals surface area contributed by atoms with Gasteiger partial charge in [-0.25, -0.2) is 0 Å². The standard InChI is InChI=1S/C21H15BrClN/c22-20-18-8-4-5-9-19(18)24(14-15-10-12-17(23)13-11-15)21(20)16-6-2-1-3-7-16/h1-13H,14H2. The maximum Gasteiger partial charge on any atom is 0.0638 e. The van der Waals surface area contributed by atoms with Crippen LogP contribution >= 0.6 is 27.5 Å². The Kier molecular flexibility index (Phi) is 4.17. The third-order valence-electron chi connectivity index (χ3n) is 4.21. The third-order valence-corrected chi connectivity index (χ3v) is 5.27. The van der Waals surface area contributed by atoms with Crippen molar-refractivity contribution in [2.24, 2.45) is 0 Å². The van der Waals surface area contributed by atoms with Gasteiger partial charge in [-0.2, -0.15) is 0 Å². The van der Waals surface area contributed by atoms with Gasteiger partial charge in [0.2, 0.25) is 0 Å². The minimum Gasteiger partial charge on any atom is -0.335 e. The first-order valence-electron chi connectivity index (χ1n) is 7.80. The fourth-order valence-corrected chi connectivity index (χ4v) is 3.98. The fraction of sp³-hybridized carbons (Fsp3) is 0.0476. The van der Waals surface area contributed by atoms with E-state index in [1.807, 2.05) is 18.2 Å². The Morgan fingerprint density at radius 1 is 0.792 bits per heavy atom. The fourth-order valence-electron chi connectivity index (χ4n) is 3.08. The summed E-state index contributed by atoms with van der Waals surface area (Å²) in [5.41, 5.74) is 4.85. The van der Waals surface area contributed by atoms with Crippen molar-refractivity contribution in [3.63, 3.8) is 0 Å². The molecule has 0 aliphatic rings. The molecule has 0 aliphatic heterocycles. The van der Waals surface area contributed by atoms with Crippen molar-refractivity contribution in [3.05, 3.63) is 93.9 Å². The molecule has 1 heterocycles. The van der Waals surface area contributed by atoms with Gasteiger partial charge in [0, 0.05) is 22.5 Å². The lowest BCUT2D eigenvalue weighted by molar-refractivity contribution is 0.843. The molecule has 4 aromatic rings. The molecule has 3 heteroatoms. The first kappa shape index (κ1) is 15.5. The molecule has 4 rings (SSSR count). The summed E-state index contributed by atoms with van der Waals surface area (Å²) in [4.78, 5) is 0. The minimum absolute atomic E-state index is 0.764. The monoisotopic (exact) mass is 395 g/mol. The topological polar surface area (TPSA) is 4.93 Å². The summed E-state index contributed by atoms with van der Waals surface area (Å²) in [6.45, 7) is 0.799. The summed E-state index contributed by atoms with van der Waals surface area (Å²) in [5.74, 6) is 0. The van der Waals surface area contributed by atoms with E-state index in [0.717, 1.165) is 16.0 Å². The minimum atomic E-state index is 0.764. The molecule has 0 radical (unpaired) electrons. The molecule has 3 aromatic carbocycles. The SMILES string of the molecule is Clc1ccc(Cn2c(-c3ccccc3)c(Br)c3ccccc32)cc1. The average Bonchev–Trinajstić information content (AvgIpc) is 2.90. The normalized spacial score (nSPS) is 11.1. The predicted molar refractivity (Wildman–Crippen MR) is 106 cm³/mol. The van der Waals surface area contributed by atoms with Gasteiger partial charge in [0.1, 0.15) is 0 Å². The van der Waals surface area contributed by atoms with Crippen molar-refractivity contribution in [1.29, 1.82) is 0 Å². The van der Waals surface area contributed by atoms with Gasteiger partial charge in [0.15, 0.2) is 0 Å². The number of nitrogens with zero attached hydrogens (tertiary/aromatic N) is 1. The van der Waals surface area contributed by atoms with Crippen molar-refractivity contribution in [2.75, 3.05) is 0 Å². The van der Waals surface area contributed by atoms with Crippen molar-refractivity contribution in [2.45, 2.75) is 6.54 Å². The van der Waals surface area contributed by atoms with Crippen LogP contribution < -0.4 is 0 Å². The highest BCUT2D eigenvalue weighted by Gasteiger charge is 2.16. The van der Waals surface area contributed by atoms with Crippen LogP contribution in [0.5, 0.6) is 0 Å². The third kappa shape index (κ3) is 2.77. The van der Waals surface area contributed by atoms with Crippen LogP contribution in [0, 0.1) is 0 Å². The van der Waals surface area contributed by atoms with Gasteiger partial charge in [0.05, 0.1) is 10.2 Å². The Balaban J connectivity index is 1.93. The summed E-state index contributed by atoms with van der Waals surface area (Å²) in [5, 5.41) is 1.99. The van der Waals surface area contributed by atoms with Crippen LogP contribution in [0.15, 0.2) is 83.3 Å². The number of benzene rings is 3. The van der Waals surface area contributed by atoms with Crippen LogP contribution in [-0.4, -0.2) is 4.57 Å². The molecule has 0 amide bonds. The maximum absolute atomic E-state index is 6.03. The van der Waals surface area contributed by atoms with Gasteiger partial charge in [-0.05, 0) is 45.3 Å². The second kappa shape index (κ2) is 6.46. The highest BCUT2D eigenvalue weighted by Crippen LogP contribution is 2.38. The van der Waals surface area contributed by atoms with E-state index in [4.69, 9.17) is 11.6 Å². The number of para-hydroxylation sites is 1. The molecule has 0 aliphatic carbocycles. The molecule has 0 fully saturated rings. The van der Waals surface area contributed by atoms with Crippen LogP contribution in [0.2, 0.25) is 5.02 Å². The zero-order chi connectivity index (χ0) is 16.5. The summed E-state index contributed by atoms with van der Waals surface area (Å²) in [6, 6.07) is 27.0. The molecule has 0 bridgehead atoms. The van der Waals surface area contributed by atoms with E-state index in [1.165, 1.54) is 27.7 Å². The Hall–Kier alpha value is -2.03. The van der Waals surface area contributed by atoms with Gasteiger partial charge < -0.3 is 4.57 Å². The summed E-state index contributed by atoms with van der Waals surface area (Å²) < 4.78 is 3.50. The van der Waals surface area contributed by atoms with Crippen LogP contribution in [0.4, 0.5) is 0 Å². The molecule has 0 N–H and O–H groups in total. The smallest absolute Gasteiger partial charge is 0.0638 e. The van der Waals surface area contributed by atoms with E-state index >= 15 is 0 Å². The van der Waals surface area contributed by atoms with Gasteiger partial charge in [-0.3, -0.25) is 0 Å². The average molecular weight is 397 g/mol. The number of hydrogen-bond donors (Lipinski definition) is 0. The number of fused-ring (bicyclic) bond motifs is 1. The zero-order valence-corrected chi connectivity index (χ0v) is 15.3. The number of hydrogen-bond acceptors (Lipinski definition) is 0. The molecule has 0 atom stereocenters. The molecular weight excluding hydrogens is 382 g/mol. The highest BCUT2D eigenvalue weighted by atomic mass is 79.9. The summed E-state index contributed by atoms with van der Waals surface area (Å²) in [6.07, 6.45) is 0. The Labute approximate surface area is 154 Å². The van der Waals surface area contributed by atoms with Gasteiger partial charge in [0.25, 0.3) is 0 Å². The van der Waals surface area contributed by atoms with Gasteiger partial charge in [-0.1, -0.05) is 72.3 Å². The van der Waals surface area contributed by atoms with Crippen molar-refractivity contribution in [1.82, 2.24) is 4.57 Å². The van der Waals surface area contributed by atoms with E-state index in [-0.39, 0.29) is 0 Å². The highest BCUT2D eigenvalue weighted by molar-refractivity contribution is 9.10. The van der Waals surface area contributed by atoms with Crippen molar-refractivity contribution >= 4 is 38.4 Å². The first-order valence-corrected chi connectivity index (χ1v) is 8.98. The molecule has 0 saturated heterocycles. The number of rotatable bonds is 3. The lowest BCUT2D eigenvalue weighted by Crippen LogP contribution is -2.01. The summed E-state index contributed by atoms with van der Waals surface area (Å²) >= 11 is 9.85. The maximum atomic E-state index is 6.03. The van der Waals surface area contributed by atoms with E-state index in [1.54, 1.807) is 0 Å². The quantitative estimate of drug-likeness (QED) is 0.360. The van der Waals surface area contributed by atoms with Crippen LogP contribution in [0.3, 0.4) is 0 Å². The molecule has 24 heavy (non-hydrogen) atoms. The molecule has 118 valence electrons. The lowest BCUT2D eigenvalue weighted by Gasteiger charge is -2.12. The summed E-state index contributed by atoms with van der Waals surface area (Å²) in [7, 11) is 0. The van der Waals surface area contributed by atoms with Crippen molar-refractivity contribution < 1.29 is 0 Å².